The summed E-state index contributed by atoms with van der Waals surface area (Å²) in [5, 5.41) is 6.43. The zero-order valence-corrected chi connectivity index (χ0v) is 33.5. The van der Waals surface area contributed by atoms with Crippen LogP contribution in [0.1, 0.15) is 0 Å². The van der Waals surface area contributed by atoms with Gasteiger partial charge in [0.05, 0.1) is 0 Å². The number of hydrogen-bond acceptors (Lipinski definition) is 7. The van der Waals surface area contributed by atoms with Gasteiger partial charge in [-0.05, 0) is 82.4 Å². The minimum Gasteiger partial charge on any atom is -0.456 e. The molecule has 13 aromatic rings. The molecule has 0 aliphatic carbocycles. The largest absolute Gasteiger partial charge is 0.456 e. The minimum atomic E-state index is 0.556. The highest BCUT2D eigenvalue weighted by Crippen LogP contribution is 2.43. The third-order valence-electron chi connectivity index (χ3n) is 12.1. The molecule has 7 heteroatoms. The highest BCUT2D eigenvalue weighted by molar-refractivity contribution is 6.17. The first-order chi connectivity index (χ1) is 31.2. The Kier molecular flexibility index (Phi) is 7.77. The van der Waals surface area contributed by atoms with E-state index in [1.807, 2.05) is 66.9 Å². The van der Waals surface area contributed by atoms with E-state index < -0.39 is 0 Å². The van der Waals surface area contributed by atoms with Gasteiger partial charge in [0, 0.05) is 67.0 Å². The van der Waals surface area contributed by atoms with E-state index in [0.717, 1.165) is 116 Å². The van der Waals surface area contributed by atoms with Crippen LogP contribution in [0.3, 0.4) is 0 Å². The Morgan fingerprint density at radius 1 is 0.302 bits per heavy atom. The molecule has 0 amide bonds. The molecule has 13 rings (SSSR count). The molecule has 5 aromatic heterocycles. The number of benzene rings is 8. The van der Waals surface area contributed by atoms with Crippen molar-refractivity contribution in [1.29, 1.82) is 0 Å². The van der Waals surface area contributed by atoms with E-state index in [0.29, 0.717) is 17.5 Å². The van der Waals surface area contributed by atoms with Crippen molar-refractivity contribution in [3.63, 3.8) is 0 Å². The maximum absolute atomic E-state index is 6.68. The van der Waals surface area contributed by atoms with E-state index >= 15 is 0 Å². The Hall–Kier alpha value is -8.68. The topological polar surface area (TPSA) is 91.0 Å². The fourth-order valence-corrected chi connectivity index (χ4v) is 8.96. The molecule has 5 heterocycles. The Labute approximate surface area is 359 Å². The van der Waals surface area contributed by atoms with Crippen LogP contribution in [0.4, 0.5) is 0 Å². The Bertz CT molecular complexity index is 3900. The number of aromatic nitrogens is 4. The average Bonchev–Trinajstić information content (AvgIpc) is 4.05. The van der Waals surface area contributed by atoms with Crippen LogP contribution in [-0.2, 0) is 0 Å². The first kappa shape index (κ1) is 35.1. The summed E-state index contributed by atoms with van der Waals surface area (Å²) < 4.78 is 19.3. The summed E-state index contributed by atoms with van der Waals surface area (Å²) in [6.45, 7) is 0. The number of pyridine rings is 1. The first-order valence-corrected chi connectivity index (χ1v) is 20.8. The van der Waals surface area contributed by atoms with Gasteiger partial charge in [0.25, 0.3) is 0 Å². The monoisotopic (exact) mass is 808 g/mol. The molecule has 294 valence electrons. The quantitative estimate of drug-likeness (QED) is 0.165. The van der Waals surface area contributed by atoms with Crippen molar-refractivity contribution < 1.29 is 13.3 Å². The maximum Gasteiger partial charge on any atom is 0.164 e. The smallest absolute Gasteiger partial charge is 0.164 e. The molecule has 0 unspecified atom stereocenters. The number of para-hydroxylation sites is 3. The van der Waals surface area contributed by atoms with Gasteiger partial charge >= 0.3 is 0 Å². The Balaban J connectivity index is 0.919. The number of nitrogens with zero attached hydrogens (tertiary/aromatic N) is 4. The molecule has 0 radical (unpaired) electrons. The summed E-state index contributed by atoms with van der Waals surface area (Å²) in [7, 11) is 0. The lowest BCUT2D eigenvalue weighted by molar-refractivity contribution is 0.668. The van der Waals surface area contributed by atoms with Crippen molar-refractivity contribution in [1.82, 2.24) is 19.9 Å². The lowest BCUT2D eigenvalue weighted by Crippen LogP contribution is -2.00. The highest BCUT2D eigenvalue weighted by atomic mass is 16.3. The first-order valence-electron chi connectivity index (χ1n) is 20.8. The summed E-state index contributed by atoms with van der Waals surface area (Å²) in [6.07, 6.45) is 3.64. The summed E-state index contributed by atoms with van der Waals surface area (Å²) in [5.74, 6) is 1.70. The third-order valence-corrected chi connectivity index (χ3v) is 12.1. The van der Waals surface area contributed by atoms with Gasteiger partial charge in [-0.25, -0.2) is 15.0 Å². The van der Waals surface area contributed by atoms with Crippen LogP contribution >= 0.6 is 0 Å². The van der Waals surface area contributed by atoms with Gasteiger partial charge in [0.15, 0.2) is 17.5 Å². The molecule has 0 spiro atoms. The van der Waals surface area contributed by atoms with Crippen molar-refractivity contribution in [3.8, 4) is 67.5 Å². The molecular formula is C56H32N4O3. The summed E-state index contributed by atoms with van der Waals surface area (Å²) in [6, 6.07) is 62.1. The predicted octanol–water partition coefficient (Wildman–Crippen LogP) is 15.0. The predicted molar refractivity (Wildman–Crippen MR) is 252 cm³/mol. The van der Waals surface area contributed by atoms with Crippen molar-refractivity contribution in [3.05, 3.63) is 194 Å². The minimum absolute atomic E-state index is 0.556. The number of fused-ring (bicyclic) bond motifs is 9. The van der Waals surface area contributed by atoms with Crippen LogP contribution in [0.5, 0.6) is 0 Å². The molecule has 0 atom stereocenters. The van der Waals surface area contributed by atoms with E-state index in [1.54, 1.807) is 6.20 Å². The van der Waals surface area contributed by atoms with Gasteiger partial charge in [0.1, 0.15) is 33.5 Å². The maximum atomic E-state index is 6.68. The number of furan rings is 3. The fourth-order valence-electron chi connectivity index (χ4n) is 8.96. The lowest BCUT2D eigenvalue weighted by atomic mass is 9.94. The van der Waals surface area contributed by atoms with Crippen molar-refractivity contribution in [2.75, 3.05) is 0 Å². The van der Waals surface area contributed by atoms with Crippen LogP contribution < -0.4 is 0 Å². The average molecular weight is 809 g/mol. The van der Waals surface area contributed by atoms with Crippen molar-refractivity contribution >= 4 is 65.8 Å². The summed E-state index contributed by atoms with van der Waals surface area (Å²) >= 11 is 0. The van der Waals surface area contributed by atoms with Crippen LogP contribution in [0.15, 0.2) is 208 Å². The standard InChI is InChI=1S/C56H32N4O3/c1-4-12-47-42(9-1)44-25-23-37(30-50(44)61-47)41-28-27-40(52-46-11-3-6-14-49(46)63-53(41)52)34-17-21-36(22-18-34)55-58-54(35-19-15-33(16-20-35)39-8-7-29-57-32-39)59-56(60-55)38-24-26-45-43-10-2-5-13-48(43)62-51(45)31-38/h1-32H. The molecule has 8 aromatic carbocycles. The van der Waals surface area contributed by atoms with Gasteiger partial charge in [-0.3, -0.25) is 4.98 Å². The van der Waals surface area contributed by atoms with Gasteiger partial charge < -0.3 is 13.3 Å². The third kappa shape index (κ3) is 5.82. The number of hydrogen-bond donors (Lipinski definition) is 0. The zero-order valence-electron chi connectivity index (χ0n) is 33.5. The van der Waals surface area contributed by atoms with Gasteiger partial charge in [0.2, 0.25) is 0 Å². The molecular weight excluding hydrogens is 777 g/mol. The lowest BCUT2D eigenvalue weighted by Gasteiger charge is -2.11. The Morgan fingerprint density at radius 2 is 0.778 bits per heavy atom. The van der Waals surface area contributed by atoms with Crippen LogP contribution in [0.2, 0.25) is 0 Å². The SMILES string of the molecule is c1cncc(-c2ccc(-c3nc(-c4ccc(-c5ccc(-c6ccc7c(c6)oc6ccccc67)c6oc7ccccc7c56)cc4)nc(-c4ccc5c(c4)oc4ccccc45)n3)cc2)c1. The van der Waals surface area contributed by atoms with E-state index in [9.17, 15) is 0 Å². The second kappa shape index (κ2) is 13.9. The molecule has 0 aliphatic heterocycles. The van der Waals surface area contributed by atoms with Crippen molar-refractivity contribution in [2.24, 2.45) is 0 Å². The molecule has 7 nitrogen and oxygen atoms in total. The molecule has 0 saturated carbocycles. The van der Waals surface area contributed by atoms with Crippen LogP contribution in [0, 0.1) is 0 Å². The molecule has 0 saturated heterocycles. The van der Waals surface area contributed by atoms with Gasteiger partial charge in [-0.1, -0.05) is 127 Å². The zero-order chi connectivity index (χ0) is 41.4. The highest BCUT2D eigenvalue weighted by Gasteiger charge is 2.20. The van der Waals surface area contributed by atoms with E-state index in [-0.39, 0.29) is 0 Å². The molecule has 0 fully saturated rings. The van der Waals surface area contributed by atoms with Gasteiger partial charge in [-0.15, -0.1) is 0 Å². The number of rotatable bonds is 6. The van der Waals surface area contributed by atoms with E-state index in [4.69, 9.17) is 28.2 Å². The van der Waals surface area contributed by atoms with Crippen LogP contribution in [-0.4, -0.2) is 19.9 Å². The molecule has 0 N–H and O–H groups in total. The van der Waals surface area contributed by atoms with Crippen molar-refractivity contribution in [2.45, 2.75) is 0 Å². The summed E-state index contributed by atoms with van der Waals surface area (Å²) in [5.41, 5.74) is 13.8. The normalized spacial score (nSPS) is 11.8. The molecule has 63 heavy (non-hydrogen) atoms. The van der Waals surface area contributed by atoms with Crippen LogP contribution in [0.25, 0.3) is 133 Å². The second-order valence-corrected chi connectivity index (χ2v) is 15.8. The second-order valence-electron chi connectivity index (χ2n) is 15.8. The van der Waals surface area contributed by atoms with E-state index in [1.165, 1.54) is 0 Å². The van der Waals surface area contributed by atoms with Gasteiger partial charge in [-0.2, -0.15) is 0 Å². The Morgan fingerprint density at radius 3 is 1.40 bits per heavy atom. The molecule has 0 aliphatic rings. The summed E-state index contributed by atoms with van der Waals surface area (Å²) in [4.78, 5) is 19.5. The van der Waals surface area contributed by atoms with E-state index in [2.05, 4.69) is 126 Å². The molecule has 0 bridgehead atoms. The fraction of sp³-hybridized carbons (Fsp3) is 0.